The van der Waals surface area contributed by atoms with Gasteiger partial charge < -0.3 is 9.84 Å². The highest BCUT2D eigenvalue weighted by Crippen LogP contribution is 2.74. The highest BCUT2D eigenvalue weighted by molar-refractivity contribution is 5.97. The molecular weight excluding hydrogens is 408 g/mol. The third-order valence-electron chi connectivity index (χ3n) is 10.6. The number of carbonyl (C=O) groups excluding carboxylic acids is 1. The lowest BCUT2D eigenvalue weighted by molar-refractivity contribution is -0.305. The van der Waals surface area contributed by atoms with Crippen LogP contribution in [0.25, 0.3) is 0 Å². The zero-order chi connectivity index (χ0) is 23.8. The van der Waals surface area contributed by atoms with Gasteiger partial charge in [0, 0.05) is 18.4 Å². The fourth-order valence-electron chi connectivity index (χ4n) is 9.63. The van der Waals surface area contributed by atoms with E-state index in [0.29, 0.717) is 54.1 Å². The van der Waals surface area contributed by atoms with Crippen LogP contribution in [0.3, 0.4) is 0 Å². The molecule has 1 N–H and O–H groups in total. The van der Waals surface area contributed by atoms with E-state index in [-0.39, 0.29) is 5.41 Å². The quantitative estimate of drug-likeness (QED) is 0.349. The third-order valence-corrected chi connectivity index (χ3v) is 10.6. The van der Waals surface area contributed by atoms with Crippen LogP contribution in [0.1, 0.15) is 81.1 Å². The predicted octanol–water partition coefficient (Wildman–Crippen LogP) is 6.30. The van der Waals surface area contributed by atoms with E-state index in [4.69, 9.17) is 4.74 Å². The molecule has 0 aromatic carbocycles. The van der Waals surface area contributed by atoms with Crippen LogP contribution in [0.2, 0.25) is 0 Å². The molecule has 1 heterocycles. The van der Waals surface area contributed by atoms with Gasteiger partial charge in [-0.2, -0.15) is 0 Å². The van der Waals surface area contributed by atoms with Crippen LogP contribution in [0.5, 0.6) is 0 Å². The van der Waals surface area contributed by atoms with Crippen molar-refractivity contribution in [3.05, 3.63) is 45.1 Å². The predicted molar refractivity (Wildman–Crippen MR) is 130 cm³/mol. The monoisotopic (exact) mass is 448 g/mol. The van der Waals surface area contributed by atoms with Gasteiger partial charge in [-0.1, -0.05) is 49.1 Å². The smallest absolute Gasteiger partial charge is 0.192 e. The molecule has 33 heavy (non-hydrogen) atoms. The molecule has 5 aliphatic carbocycles. The Kier molecular flexibility index (Phi) is 4.28. The molecule has 8 unspecified atom stereocenters. The molecule has 2 bridgehead atoms. The Morgan fingerprint density at radius 1 is 1.15 bits per heavy atom. The van der Waals surface area contributed by atoms with Crippen molar-refractivity contribution >= 4 is 5.78 Å². The van der Waals surface area contributed by atoms with Crippen molar-refractivity contribution in [3.8, 4) is 0 Å². The normalized spacial score (nSPS) is 47.4. The Morgan fingerprint density at radius 2 is 1.85 bits per heavy atom. The zero-order valence-electron chi connectivity index (χ0n) is 21.6. The molecule has 1 aliphatic heterocycles. The summed E-state index contributed by atoms with van der Waals surface area (Å²) in [5.41, 5.74) is 9.29. The molecule has 0 radical (unpaired) electrons. The van der Waals surface area contributed by atoms with Crippen molar-refractivity contribution in [1.29, 1.82) is 0 Å². The highest BCUT2D eigenvalue weighted by atomic mass is 16.7. The molecule has 6 aliphatic rings. The van der Waals surface area contributed by atoms with Gasteiger partial charge in [-0.3, -0.25) is 4.79 Å². The number of Topliss-reactive ketones (excluding diaryl/α,β-unsaturated/α-hetero) is 1. The van der Waals surface area contributed by atoms with E-state index in [2.05, 4.69) is 61.5 Å². The van der Waals surface area contributed by atoms with E-state index >= 15 is 0 Å². The molecule has 8 atom stereocenters. The van der Waals surface area contributed by atoms with Crippen molar-refractivity contribution in [2.45, 2.75) is 92.5 Å². The van der Waals surface area contributed by atoms with Crippen LogP contribution in [0.4, 0.5) is 0 Å². The van der Waals surface area contributed by atoms with E-state index in [9.17, 15) is 9.90 Å². The summed E-state index contributed by atoms with van der Waals surface area (Å²) in [6.07, 6.45) is 5.78. The largest absolute Gasteiger partial charge is 0.362 e. The summed E-state index contributed by atoms with van der Waals surface area (Å²) >= 11 is 0. The van der Waals surface area contributed by atoms with Crippen molar-refractivity contribution in [2.24, 2.45) is 40.9 Å². The zero-order valence-corrected chi connectivity index (χ0v) is 21.6. The van der Waals surface area contributed by atoms with Gasteiger partial charge in [0.05, 0.1) is 5.60 Å². The number of rotatable bonds is 0. The Hall–Kier alpha value is -1.45. The third kappa shape index (κ3) is 2.56. The minimum atomic E-state index is -1.10. The van der Waals surface area contributed by atoms with Crippen molar-refractivity contribution in [2.75, 3.05) is 0 Å². The van der Waals surface area contributed by atoms with E-state index < -0.39 is 11.4 Å². The van der Waals surface area contributed by atoms with Gasteiger partial charge in [0.15, 0.2) is 11.6 Å². The number of ketones is 1. The van der Waals surface area contributed by atoms with Gasteiger partial charge in [0.2, 0.25) is 0 Å². The van der Waals surface area contributed by atoms with Gasteiger partial charge >= 0.3 is 0 Å². The topological polar surface area (TPSA) is 46.5 Å². The standard InChI is InChI=1S/C30H40O3/c1-14(2)18-10-19-17(5)27-26(25(19)15(3)9-22(18)31)20-13-29(27,8)21-11-23-28(6,7)33-30(23,32)12-16(4)24(20)21/h11,15-16,20,25-27,32H,9-10,12-13H2,1-8H3. The first-order valence-corrected chi connectivity index (χ1v) is 13.1. The first kappa shape index (κ1) is 22.0. The van der Waals surface area contributed by atoms with E-state index in [1.807, 2.05) is 0 Å². The lowest BCUT2D eigenvalue weighted by Crippen LogP contribution is -2.59. The molecule has 2 saturated carbocycles. The second-order valence-corrected chi connectivity index (χ2v) is 13.2. The lowest BCUT2D eigenvalue weighted by atomic mass is 9.63. The first-order valence-electron chi connectivity index (χ1n) is 13.1. The summed E-state index contributed by atoms with van der Waals surface area (Å²) in [6, 6.07) is 0. The number of fused-ring (bicyclic) bond motifs is 10. The summed E-state index contributed by atoms with van der Waals surface area (Å²) < 4.78 is 6.05. The summed E-state index contributed by atoms with van der Waals surface area (Å²) in [7, 11) is 0. The van der Waals surface area contributed by atoms with Crippen molar-refractivity contribution < 1.29 is 14.6 Å². The molecule has 0 spiro atoms. The molecule has 3 nitrogen and oxygen atoms in total. The van der Waals surface area contributed by atoms with Crippen molar-refractivity contribution in [3.63, 3.8) is 0 Å². The van der Waals surface area contributed by atoms with Gasteiger partial charge in [-0.15, -0.1) is 0 Å². The maximum absolute atomic E-state index is 13.1. The summed E-state index contributed by atoms with van der Waals surface area (Å²) in [5.74, 6) is 2.17. The van der Waals surface area contributed by atoms with Crippen LogP contribution in [-0.4, -0.2) is 22.3 Å². The van der Waals surface area contributed by atoms with Crippen LogP contribution >= 0.6 is 0 Å². The fourth-order valence-corrected chi connectivity index (χ4v) is 9.63. The van der Waals surface area contributed by atoms with Gasteiger partial charge in [0.1, 0.15) is 0 Å². The molecule has 3 fully saturated rings. The summed E-state index contributed by atoms with van der Waals surface area (Å²) in [5, 5.41) is 11.3. The SMILES string of the molecule is CC(C)=C1CC2=C(C)C3C(C4CC3(C)C3=C4C(C)CC4(O)OC(C)(C)C4=C3)C2C(C)CC1=O. The number of aliphatic hydroxyl groups is 1. The maximum Gasteiger partial charge on any atom is 0.192 e. The number of carbonyl (C=O) groups is 1. The number of allylic oxidation sites excluding steroid dienone is 7. The van der Waals surface area contributed by atoms with E-state index in [1.54, 1.807) is 16.7 Å². The molecule has 3 heteroatoms. The van der Waals surface area contributed by atoms with E-state index in [1.165, 1.54) is 17.6 Å². The van der Waals surface area contributed by atoms with E-state index in [0.717, 1.165) is 17.6 Å². The first-order chi connectivity index (χ1) is 15.3. The number of ether oxygens (including phenoxy) is 1. The second-order valence-electron chi connectivity index (χ2n) is 13.2. The lowest BCUT2D eigenvalue weighted by Gasteiger charge is -2.53. The Bertz CT molecular complexity index is 1110. The number of hydrogen-bond acceptors (Lipinski definition) is 3. The minimum absolute atomic E-state index is 0.112. The summed E-state index contributed by atoms with van der Waals surface area (Å²) in [4.78, 5) is 13.1. The molecule has 0 aromatic rings. The Morgan fingerprint density at radius 3 is 2.48 bits per heavy atom. The van der Waals surface area contributed by atoms with Gasteiger partial charge in [0.25, 0.3) is 0 Å². The van der Waals surface area contributed by atoms with Crippen LogP contribution in [-0.2, 0) is 9.53 Å². The average molecular weight is 449 g/mol. The maximum atomic E-state index is 13.1. The van der Waals surface area contributed by atoms with Gasteiger partial charge in [-0.05, 0) is 99.5 Å². The Labute approximate surface area is 199 Å². The van der Waals surface area contributed by atoms with Crippen LogP contribution < -0.4 is 0 Å². The molecule has 1 saturated heterocycles. The van der Waals surface area contributed by atoms with Crippen molar-refractivity contribution in [1.82, 2.24) is 0 Å². The summed E-state index contributed by atoms with van der Waals surface area (Å²) in [6.45, 7) is 17.9. The number of hydrogen-bond donors (Lipinski definition) is 1. The van der Waals surface area contributed by atoms with Gasteiger partial charge in [-0.25, -0.2) is 0 Å². The molecular formula is C30H40O3. The Balaban J connectivity index is 1.50. The molecule has 0 amide bonds. The van der Waals surface area contributed by atoms with Crippen LogP contribution in [0.15, 0.2) is 45.1 Å². The highest BCUT2D eigenvalue weighted by Gasteiger charge is 2.67. The molecule has 178 valence electrons. The second kappa shape index (κ2) is 6.40. The molecule has 0 aromatic heterocycles. The fraction of sp³-hybridized carbons (Fsp3) is 0.700. The molecule has 6 rings (SSSR count). The minimum Gasteiger partial charge on any atom is -0.362 e. The van der Waals surface area contributed by atoms with Crippen LogP contribution in [0, 0.1) is 40.9 Å². The average Bonchev–Trinajstić information content (AvgIpc) is 3.19.